The van der Waals surface area contributed by atoms with Crippen molar-refractivity contribution in [2.24, 2.45) is 5.73 Å². The lowest BCUT2D eigenvalue weighted by molar-refractivity contribution is -0.00915. The van der Waals surface area contributed by atoms with E-state index in [1.165, 1.54) is 12.8 Å². The predicted molar refractivity (Wildman–Crippen MR) is 63.7 cm³/mol. The Labute approximate surface area is 94.0 Å². The predicted octanol–water partition coefficient (Wildman–Crippen LogP) is 1.96. The highest BCUT2D eigenvalue weighted by atomic mass is 16.5. The number of nitrogens with two attached hydrogens (primary N) is 1. The molecule has 90 valence electrons. The van der Waals surface area contributed by atoms with Crippen LogP contribution in [0.4, 0.5) is 0 Å². The fraction of sp³-hybridized carbons (Fsp3) is 1.00. The molecule has 1 aliphatic rings. The van der Waals surface area contributed by atoms with Crippen LogP contribution in [0.15, 0.2) is 0 Å². The summed E-state index contributed by atoms with van der Waals surface area (Å²) in [4.78, 5) is 2.38. The Balaban J connectivity index is 2.08. The van der Waals surface area contributed by atoms with E-state index in [9.17, 15) is 0 Å². The molecule has 0 aliphatic carbocycles. The van der Waals surface area contributed by atoms with Gasteiger partial charge in [0.1, 0.15) is 0 Å². The minimum atomic E-state index is -0.00991. The van der Waals surface area contributed by atoms with Gasteiger partial charge in [-0.15, -0.1) is 0 Å². The van der Waals surface area contributed by atoms with Gasteiger partial charge >= 0.3 is 0 Å². The average molecular weight is 214 g/mol. The molecule has 0 aromatic rings. The fourth-order valence-corrected chi connectivity index (χ4v) is 1.94. The minimum Gasteiger partial charge on any atom is -0.376 e. The van der Waals surface area contributed by atoms with Crippen molar-refractivity contribution < 1.29 is 4.74 Å². The second-order valence-corrected chi connectivity index (χ2v) is 5.41. The third-order valence-electron chi connectivity index (χ3n) is 2.79. The molecule has 0 unspecified atom stereocenters. The van der Waals surface area contributed by atoms with Gasteiger partial charge in [0.25, 0.3) is 0 Å². The number of hydrogen-bond donors (Lipinski definition) is 1. The van der Waals surface area contributed by atoms with Crippen molar-refractivity contribution in [1.29, 1.82) is 0 Å². The van der Waals surface area contributed by atoms with Crippen LogP contribution in [0.25, 0.3) is 0 Å². The number of nitrogens with zero attached hydrogens (tertiary/aromatic N) is 1. The van der Waals surface area contributed by atoms with Crippen molar-refractivity contribution >= 4 is 0 Å². The monoisotopic (exact) mass is 214 g/mol. The molecule has 3 nitrogen and oxygen atoms in total. The first kappa shape index (κ1) is 12.9. The van der Waals surface area contributed by atoms with Crippen molar-refractivity contribution in [3.63, 3.8) is 0 Å². The number of likely N-dealkylation sites (tertiary alicyclic amines) is 1. The van der Waals surface area contributed by atoms with E-state index in [4.69, 9.17) is 10.5 Å². The molecule has 0 amide bonds. The summed E-state index contributed by atoms with van der Waals surface area (Å²) >= 11 is 0. The molecule has 3 heteroatoms. The van der Waals surface area contributed by atoms with Gasteiger partial charge in [-0.05, 0) is 53.0 Å². The minimum absolute atomic E-state index is 0.00991. The Morgan fingerprint density at radius 1 is 1.33 bits per heavy atom. The van der Waals surface area contributed by atoms with E-state index in [1.807, 2.05) is 0 Å². The molecule has 15 heavy (non-hydrogen) atoms. The number of piperidine rings is 1. The van der Waals surface area contributed by atoms with Crippen molar-refractivity contribution in [2.45, 2.75) is 58.2 Å². The Bertz CT molecular complexity index is 177. The summed E-state index contributed by atoms with van der Waals surface area (Å²) in [5, 5.41) is 0. The SMILES string of the molecule is CC(C)(C)OCCCN1CCCC[C@@H]1N. The fourth-order valence-electron chi connectivity index (χ4n) is 1.94. The van der Waals surface area contributed by atoms with E-state index in [0.717, 1.165) is 32.5 Å². The van der Waals surface area contributed by atoms with E-state index >= 15 is 0 Å². The van der Waals surface area contributed by atoms with Crippen LogP contribution in [0.2, 0.25) is 0 Å². The standard InChI is InChI=1S/C12H26N2O/c1-12(2,3)15-10-6-9-14-8-5-4-7-11(14)13/h11H,4-10,13H2,1-3H3/t11-/m1/s1. The maximum Gasteiger partial charge on any atom is 0.0598 e. The Morgan fingerprint density at radius 2 is 2.07 bits per heavy atom. The molecule has 1 saturated heterocycles. The zero-order valence-electron chi connectivity index (χ0n) is 10.5. The largest absolute Gasteiger partial charge is 0.376 e. The van der Waals surface area contributed by atoms with Crippen LogP contribution in [0.3, 0.4) is 0 Å². The van der Waals surface area contributed by atoms with E-state index in [2.05, 4.69) is 25.7 Å². The van der Waals surface area contributed by atoms with Crippen LogP contribution >= 0.6 is 0 Å². The summed E-state index contributed by atoms with van der Waals surface area (Å²) in [5.41, 5.74) is 6.02. The van der Waals surface area contributed by atoms with Gasteiger partial charge in [-0.3, -0.25) is 4.90 Å². The molecule has 1 aliphatic heterocycles. The van der Waals surface area contributed by atoms with Gasteiger partial charge < -0.3 is 10.5 Å². The summed E-state index contributed by atoms with van der Waals surface area (Å²) in [6.07, 6.45) is 5.11. The van der Waals surface area contributed by atoms with Crippen LogP contribution in [-0.2, 0) is 4.74 Å². The third-order valence-corrected chi connectivity index (χ3v) is 2.79. The summed E-state index contributed by atoms with van der Waals surface area (Å²) in [7, 11) is 0. The summed E-state index contributed by atoms with van der Waals surface area (Å²) in [6, 6.07) is 0. The van der Waals surface area contributed by atoms with Gasteiger partial charge in [0.15, 0.2) is 0 Å². The number of rotatable bonds is 4. The highest BCUT2D eigenvalue weighted by Gasteiger charge is 2.18. The summed E-state index contributed by atoms with van der Waals surface area (Å²) < 4.78 is 5.69. The number of ether oxygens (including phenoxy) is 1. The molecule has 1 fully saturated rings. The lowest BCUT2D eigenvalue weighted by Crippen LogP contribution is -2.46. The van der Waals surface area contributed by atoms with Crippen LogP contribution in [-0.4, -0.2) is 36.4 Å². The first-order chi connectivity index (χ1) is 6.99. The van der Waals surface area contributed by atoms with Crippen LogP contribution in [0.1, 0.15) is 46.5 Å². The van der Waals surface area contributed by atoms with Crippen LogP contribution in [0, 0.1) is 0 Å². The molecule has 1 rings (SSSR count). The van der Waals surface area contributed by atoms with Crippen molar-refractivity contribution in [1.82, 2.24) is 4.90 Å². The maximum absolute atomic E-state index is 6.03. The van der Waals surface area contributed by atoms with Gasteiger partial charge in [-0.25, -0.2) is 0 Å². The summed E-state index contributed by atoms with van der Waals surface area (Å²) in [5.74, 6) is 0. The maximum atomic E-state index is 6.03. The molecule has 0 aromatic heterocycles. The van der Waals surface area contributed by atoms with E-state index in [1.54, 1.807) is 0 Å². The van der Waals surface area contributed by atoms with Crippen molar-refractivity contribution in [3.8, 4) is 0 Å². The molecule has 2 N–H and O–H groups in total. The molecule has 0 saturated carbocycles. The summed E-state index contributed by atoms with van der Waals surface area (Å²) in [6.45, 7) is 9.37. The normalized spacial score (nSPS) is 24.4. The zero-order valence-corrected chi connectivity index (χ0v) is 10.5. The van der Waals surface area contributed by atoms with Crippen LogP contribution < -0.4 is 5.73 Å². The van der Waals surface area contributed by atoms with E-state index in [0.29, 0.717) is 0 Å². The van der Waals surface area contributed by atoms with E-state index in [-0.39, 0.29) is 11.8 Å². The van der Waals surface area contributed by atoms with E-state index < -0.39 is 0 Å². The van der Waals surface area contributed by atoms with Gasteiger partial charge in [0.2, 0.25) is 0 Å². The molecule has 1 atom stereocenters. The molecular weight excluding hydrogens is 188 g/mol. The zero-order chi connectivity index (χ0) is 11.3. The van der Waals surface area contributed by atoms with Gasteiger partial charge in [0.05, 0.1) is 11.8 Å². The smallest absolute Gasteiger partial charge is 0.0598 e. The molecule has 0 radical (unpaired) electrons. The molecule has 1 heterocycles. The third kappa shape index (κ3) is 5.50. The first-order valence-corrected chi connectivity index (χ1v) is 6.13. The molecular formula is C12H26N2O. The van der Waals surface area contributed by atoms with Crippen LogP contribution in [0.5, 0.6) is 0 Å². The highest BCUT2D eigenvalue weighted by Crippen LogP contribution is 2.13. The lowest BCUT2D eigenvalue weighted by atomic mass is 10.1. The van der Waals surface area contributed by atoms with Gasteiger partial charge in [-0.2, -0.15) is 0 Å². The second-order valence-electron chi connectivity index (χ2n) is 5.41. The highest BCUT2D eigenvalue weighted by molar-refractivity contribution is 4.71. The first-order valence-electron chi connectivity index (χ1n) is 6.13. The Morgan fingerprint density at radius 3 is 2.67 bits per heavy atom. The van der Waals surface area contributed by atoms with Gasteiger partial charge in [-0.1, -0.05) is 0 Å². The average Bonchev–Trinajstić information content (AvgIpc) is 2.13. The second kappa shape index (κ2) is 5.83. The van der Waals surface area contributed by atoms with Crippen molar-refractivity contribution in [3.05, 3.63) is 0 Å². The Hall–Kier alpha value is -0.120. The van der Waals surface area contributed by atoms with Gasteiger partial charge in [0, 0.05) is 13.2 Å². The molecule has 0 aromatic carbocycles. The number of hydrogen-bond acceptors (Lipinski definition) is 3. The van der Waals surface area contributed by atoms with Crippen molar-refractivity contribution in [2.75, 3.05) is 19.7 Å². The lowest BCUT2D eigenvalue weighted by Gasteiger charge is -2.33. The molecule has 0 bridgehead atoms. The molecule has 0 spiro atoms. The topological polar surface area (TPSA) is 38.5 Å². The quantitative estimate of drug-likeness (QED) is 0.727. The Kier molecular flexibility index (Phi) is 5.03.